The van der Waals surface area contributed by atoms with Crippen LogP contribution in [0.15, 0.2) is 48.7 Å². The fourth-order valence-corrected chi connectivity index (χ4v) is 2.78. The number of benzene rings is 1. The van der Waals surface area contributed by atoms with Gasteiger partial charge < -0.3 is 19.7 Å². The molecule has 3 rings (SSSR count). The Morgan fingerprint density at radius 3 is 2.43 bits per heavy atom. The van der Waals surface area contributed by atoms with E-state index < -0.39 is 7.12 Å². The van der Waals surface area contributed by atoms with E-state index in [4.69, 9.17) is 14.8 Å². The number of pyridine rings is 1. The van der Waals surface area contributed by atoms with E-state index in [1.807, 2.05) is 24.3 Å². The fraction of sp³-hybridized carbons (Fsp3) is 0.353. The molecule has 0 aliphatic carbocycles. The van der Waals surface area contributed by atoms with E-state index in [9.17, 15) is 0 Å². The molecule has 1 aliphatic heterocycles. The molecule has 0 saturated carbocycles. The Hall–Kier alpha value is -1.89. The number of ether oxygens (including phenoxy) is 1. The standard InChI is InChI=1S/C17H21BN2O3/c21-18(22)15-6-7-17(19-12-15)20-10-8-16(9-11-20)23-13-14-4-2-1-3-5-14/h1-7,12,16,21-22H,8-11,13H2. The van der Waals surface area contributed by atoms with Crippen LogP contribution in [0, 0.1) is 0 Å². The van der Waals surface area contributed by atoms with Gasteiger partial charge in [0.1, 0.15) is 5.82 Å². The zero-order valence-corrected chi connectivity index (χ0v) is 13.0. The molecule has 120 valence electrons. The molecule has 1 aromatic heterocycles. The molecule has 1 fully saturated rings. The van der Waals surface area contributed by atoms with Gasteiger partial charge in [-0.25, -0.2) is 4.98 Å². The second-order valence-electron chi connectivity index (χ2n) is 5.81. The van der Waals surface area contributed by atoms with Crippen molar-refractivity contribution >= 4 is 18.4 Å². The predicted octanol–water partition coefficient (Wildman–Crippen LogP) is 0.947. The molecule has 0 atom stereocenters. The van der Waals surface area contributed by atoms with E-state index in [-0.39, 0.29) is 6.10 Å². The molecule has 6 heteroatoms. The molecule has 5 nitrogen and oxygen atoms in total. The lowest BCUT2D eigenvalue weighted by molar-refractivity contribution is 0.0250. The van der Waals surface area contributed by atoms with Crippen molar-refractivity contribution in [1.82, 2.24) is 4.98 Å². The molecule has 2 aromatic rings. The first-order chi connectivity index (χ1) is 11.2. The Morgan fingerprint density at radius 2 is 1.83 bits per heavy atom. The fourth-order valence-electron chi connectivity index (χ4n) is 2.78. The van der Waals surface area contributed by atoms with Crippen LogP contribution in [0.4, 0.5) is 5.82 Å². The van der Waals surface area contributed by atoms with Gasteiger partial charge in [0.05, 0.1) is 12.7 Å². The zero-order chi connectivity index (χ0) is 16.1. The normalized spacial score (nSPS) is 15.7. The summed E-state index contributed by atoms with van der Waals surface area (Å²) >= 11 is 0. The van der Waals surface area contributed by atoms with Gasteiger partial charge in [-0.2, -0.15) is 0 Å². The lowest BCUT2D eigenvalue weighted by atomic mass is 9.82. The van der Waals surface area contributed by atoms with E-state index in [0.29, 0.717) is 12.1 Å². The monoisotopic (exact) mass is 312 g/mol. The van der Waals surface area contributed by atoms with E-state index in [1.54, 1.807) is 6.07 Å². The third-order valence-corrected chi connectivity index (χ3v) is 4.16. The van der Waals surface area contributed by atoms with Crippen LogP contribution in [0.25, 0.3) is 0 Å². The average Bonchev–Trinajstić information content (AvgIpc) is 2.61. The van der Waals surface area contributed by atoms with Gasteiger partial charge in [0.15, 0.2) is 0 Å². The minimum absolute atomic E-state index is 0.282. The number of hydrogen-bond donors (Lipinski definition) is 2. The zero-order valence-electron chi connectivity index (χ0n) is 13.0. The van der Waals surface area contributed by atoms with Crippen LogP contribution < -0.4 is 10.4 Å². The lowest BCUT2D eigenvalue weighted by Crippen LogP contribution is -2.38. The highest BCUT2D eigenvalue weighted by Gasteiger charge is 2.21. The maximum Gasteiger partial charge on any atom is 0.490 e. The van der Waals surface area contributed by atoms with Crippen LogP contribution in [-0.2, 0) is 11.3 Å². The first-order valence-electron chi connectivity index (χ1n) is 7.95. The number of anilines is 1. The third kappa shape index (κ3) is 4.31. The van der Waals surface area contributed by atoms with Crippen molar-refractivity contribution in [3.05, 3.63) is 54.2 Å². The molecule has 0 spiro atoms. The minimum Gasteiger partial charge on any atom is -0.423 e. The SMILES string of the molecule is OB(O)c1ccc(N2CCC(OCc3ccccc3)CC2)nc1. The summed E-state index contributed by atoms with van der Waals surface area (Å²) in [7, 11) is -1.46. The van der Waals surface area contributed by atoms with Crippen LogP contribution in [0.3, 0.4) is 0 Å². The molecule has 0 unspecified atom stereocenters. The molecule has 2 heterocycles. The van der Waals surface area contributed by atoms with Crippen LogP contribution in [0.1, 0.15) is 18.4 Å². The summed E-state index contributed by atoms with van der Waals surface area (Å²) in [6.45, 7) is 2.45. The summed E-state index contributed by atoms with van der Waals surface area (Å²) in [6, 6.07) is 13.8. The second-order valence-corrected chi connectivity index (χ2v) is 5.81. The summed E-state index contributed by atoms with van der Waals surface area (Å²) < 4.78 is 5.99. The van der Waals surface area contributed by atoms with Crippen LogP contribution >= 0.6 is 0 Å². The summed E-state index contributed by atoms with van der Waals surface area (Å²) in [5, 5.41) is 18.2. The van der Waals surface area contributed by atoms with Crippen LogP contribution in [-0.4, -0.2) is 41.3 Å². The Bertz CT molecular complexity index is 599. The Labute approximate surface area is 136 Å². The number of aromatic nitrogens is 1. The summed E-state index contributed by atoms with van der Waals surface area (Å²) in [5.41, 5.74) is 1.62. The summed E-state index contributed by atoms with van der Waals surface area (Å²) in [5.74, 6) is 0.871. The number of nitrogens with zero attached hydrogens (tertiary/aromatic N) is 2. The van der Waals surface area contributed by atoms with Gasteiger partial charge in [-0.1, -0.05) is 36.4 Å². The average molecular weight is 312 g/mol. The van der Waals surface area contributed by atoms with Crippen LogP contribution in [0.5, 0.6) is 0 Å². The molecule has 23 heavy (non-hydrogen) atoms. The van der Waals surface area contributed by atoms with Gasteiger partial charge in [0.2, 0.25) is 0 Å². The Morgan fingerprint density at radius 1 is 1.09 bits per heavy atom. The van der Waals surface area contributed by atoms with Crippen molar-refractivity contribution in [2.24, 2.45) is 0 Å². The quantitative estimate of drug-likeness (QED) is 0.805. The molecular weight excluding hydrogens is 291 g/mol. The molecule has 1 saturated heterocycles. The number of piperidine rings is 1. The van der Waals surface area contributed by atoms with Crippen LogP contribution in [0.2, 0.25) is 0 Å². The van der Waals surface area contributed by atoms with Gasteiger partial charge in [0, 0.05) is 24.7 Å². The van der Waals surface area contributed by atoms with Gasteiger partial charge in [-0.15, -0.1) is 0 Å². The predicted molar refractivity (Wildman–Crippen MR) is 90.5 cm³/mol. The van der Waals surface area contributed by atoms with E-state index >= 15 is 0 Å². The Kier molecular flexibility index (Phi) is 5.28. The Balaban J connectivity index is 1.48. The molecule has 0 bridgehead atoms. The third-order valence-electron chi connectivity index (χ3n) is 4.16. The van der Waals surface area contributed by atoms with E-state index in [2.05, 4.69) is 22.0 Å². The molecule has 2 N–H and O–H groups in total. The van der Waals surface area contributed by atoms with Gasteiger partial charge in [0.25, 0.3) is 0 Å². The molecule has 1 aliphatic rings. The first kappa shape index (κ1) is 16.0. The lowest BCUT2D eigenvalue weighted by Gasteiger charge is -2.32. The van der Waals surface area contributed by atoms with Gasteiger partial charge in [-0.3, -0.25) is 0 Å². The summed E-state index contributed by atoms with van der Waals surface area (Å²) in [6.07, 6.45) is 3.74. The van der Waals surface area contributed by atoms with E-state index in [0.717, 1.165) is 31.7 Å². The first-order valence-corrected chi connectivity index (χ1v) is 7.95. The van der Waals surface area contributed by atoms with Gasteiger partial charge >= 0.3 is 7.12 Å². The second kappa shape index (κ2) is 7.59. The molecular formula is C17H21BN2O3. The van der Waals surface area contributed by atoms with Crippen molar-refractivity contribution in [3.63, 3.8) is 0 Å². The highest BCUT2D eigenvalue weighted by atomic mass is 16.5. The maximum atomic E-state index is 9.10. The number of rotatable bonds is 5. The van der Waals surface area contributed by atoms with Crippen molar-refractivity contribution in [3.8, 4) is 0 Å². The maximum absolute atomic E-state index is 9.10. The van der Waals surface area contributed by atoms with Crippen molar-refractivity contribution in [1.29, 1.82) is 0 Å². The molecule has 0 amide bonds. The highest BCUT2D eigenvalue weighted by Crippen LogP contribution is 2.19. The van der Waals surface area contributed by atoms with Crippen molar-refractivity contribution < 1.29 is 14.8 Å². The summed E-state index contributed by atoms with van der Waals surface area (Å²) in [4.78, 5) is 6.51. The topological polar surface area (TPSA) is 65.8 Å². The number of hydrogen-bond acceptors (Lipinski definition) is 5. The van der Waals surface area contributed by atoms with Crippen molar-refractivity contribution in [2.75, 3.05) is 18.0 Å². The minimum atomic E-state index is -1.46. The van der Waals surface area contributed by atoms with Crippen molar-refractivity contribution in [2.45, 2.75) is 25.6 Å². The smallest absolute Gasteiger partial charge is 0.423 e. The molecule has 1 aromatic carbocycles. The van der Waals surface area contributed by atoms with Gasteiger partial charge in [-0.05, 0) is 24.5 Å². The highest BCUT2D eigenvalue weighted by molar-refractivity contribution is 6.58. The van der Waals surface area contributed by atoms with E-state index in [1.165, 1.54) is 11.8 Å². The molecule has 0 radical (unpaired) electrons. The largest absolute Gasteiger partial charge is 0.490 e.